The van der Waals surface area contributed by atoms with Crippen LogP contribution in [0.15, 0.2) is 72.2 Å². The lowest BCUT2D eigenvalue weighted by molar-refractivity contribution is -0.111. The number of amides is 2. The molecule has 0 saturated carbocycles. The van der Waals surface area contributed by atoms with E-state index in [-0.39, 0.29) is 28.4 Å². The third-order valence-corrected chi connectivity index (χ3v) is 6.63. The van der Waals surface area contributed by atoms with E-state index in [2.05, 4.69) is 44.0 Å². The summed E-state index contributed by atoms with van der Waals surface area (Å²) in [7, 11) is 2.05. The van der Waals surface area contributed by atoms with Crippen LogP contribution >= 0.6 is 0 Å². The average molecular weight is 543 g/mol. The number of rotatable bonds is 7. The highest BCUT2D eigenvalue weighted by Crippen LogP contribution is 2.26. The summed E-state index contributed by atoms with van der Waals surface area (Å²) in [4.78, 5) is 50.0. The number of carbonyl (C=O) groups is 2. The highest BCUT2D eigenvalue weighted by Gasteiger charge is 2.19. The van der Waals surface area contributed by atoms with E-state index in [0.717, 1.165) is 44.0 Å². The Labute approximate surface area is 228 Å². The molecule has 0 bridgehead atoms. The molecular formula is C28H27FN8O3. The Morgan fingerprint density at radius 1 is 1.07 bits per heavy atom. The highest BCUT2D eigenvalue weighted by atomic mass is 19.1. The van der Waals surface area contributed by atoms with Crippen LogP contribution in [0.4, 0.5) is 27.4 Å². The number of nitrogens with two attached hydrogens (primary N) is 1. The van der Waals surface area contributed by atoms with Gasteiger partial charge in [-0.25, -0.2) is 9.37 Å². The number of carbonyl (C=O) groups excluding carboxylic acids is 2. The fraction of sp³-hybridized carbons (Fsp3) is 0.179. The maximum absolute atomic E-state index is 15.1. The lowest BCUT2D eigenvalue weighted by Gasteiger charge is -2.34. The van der Waals surface area contributed by atoms with Gasteiger partial charge in [0.25, 0.3) is 5.91 Å². The Morgan fingerprint density at radius 2 is 1.85 bits per heavy atom. The standard InChI is InChI=1S/C28H27FN8O3/c1-3-25(39)32-17-5-4-6-19(13-17)37-23(26(30)40)15-24(38)20-16-31-28(34-27(20)37)33-22-8-7-18(14-21(22)29)36-11-9-35(2)10-12-36/h3-8,13-16H,1,9-12H2,2H3,(H2,30,40)(H,32,39)(H,31,33,34). The van der Waals surface area contributed by atoms with Crippen molar-refractivity contribution in [3.8, 4) is 5.69 Å². The largest absolute Gasteiger partial charge is 0.369 e. The Hall–Kier alpha value is -5.10. The number of hydrogen-bond acceptors (Lipinski definition) is 8. The Balaban J connectivity index is 1.55. The predicted molar refractivity (Wildman–Crippen MR) is 152 cm³/mol. The number of benzene rings is 2. The van der Waals surface area contributed by atoms with Crippen LogP contribution in [0.25, 0.3) is 16.7 Å². The van der Waals surface area contributed by atoms with Crippen LogP contribution in [0.3, 0.4) is 0 Å². The van der Waals surface area contributed by atoms with E-state index >= 15 is 4.39 Å². The molecule has 1 saturated heterocycles. The summed E-state index contributed by atoms with van der Waals surface area (Å²) >= 11 is 0. The number of hydrogen-bond donors (Lipinski definition) is 3. The first-order chi connectivity index (χ1) is 19.2. The maximum Gasteiger partial charge on any atom is 0.265 e. The zero-order valence-corrected chi connectivity index (χ0v) is 21.7. The number of likely N-dealkylation sites (N-methyl/N-ethyl adjacent to an activating group) is 1. The second-order valence-corrected chi connectivity index (χ2v) is 9.35. The Bertz CT molecular complexity index is 1700. The van der Waals surface area contributed by atoms with E-state index in [4.69, 9.17) is 5.73 Å². The zero-order chi connectivity index (χ0) is 28.4. The van der Waals surface area contributed by atoms with Gasteiger partial charge in [0.2, 0.25) is 11.9 Å². The molecule has 0 spiro atoms. The number of nitrogens with zero attached hydrogens (tertiary/aromatic N) is 5. The van der Waals surface area contributed by atoms with Crippen molar-refractivity contribution in [2.24, 2.45) is 5.73 Å². The molecular weight excluding hydrogens is 515 g/mol. The van der Waals surface area contributed by atoms with Gasteiger partial charge in [0.1, 0.15) is 11.5 Å². The van der Waals surface area contributed by atoms with Gasteiger partial charge < -0.3 is 26.2 Å². The molecule has 0 unspecified atom stereocenters. The molecule has 2 aromatic carbocycles. The molecule has 2 aromatic heterocycles. The highest BCUT2D eigenvalue weighted by molar-refractivity contribution is 5.99. The number of piperazine rings is 1. The third-order valence-electron chi connectivity index (χ3n) is 6.63. The minimum atomic E-state index is -0.863. The molecule has 1 aliphatic heterocycles. The van der Waals surface area contributed by atoms with Crippen molar-refractivity contribution < 1.29 is 14.0 Å². The molecule has 3 heterocycles. The number of fused-ring (bicyclic) bond motifs is 1. The quantitative estimate of drug-likeness (QED) is 0.303. The molecule has 0 radical (unpaired) electrons. The van der Waals surface area contributed by atoms with Gasteiger partial charge in [-0.15, -0.1) is 0 Å². The lowest BCUT2D eigenvalue weighted by atomic mass is 10.2. The number of halogens is 1. The summed E-state index contributed by atoms with van der Waals surface area (Å²) in [6.45, 7) is 6.83. The summed E-state index contributed by atoms with van der Waals surface area (Å²) < 4.78 is 16.5. The Kier molecular flexibility index (Phi) is 7.25. The number of primary amides is 1. The van der Waals surface area contributed by atoms with Crippen molar-refractivity contribution in [2.75, 3.05) is 48.8 Å². The molecule has 4 aromatic rings. The summed E-state index contributed by atoms with van der Waals surface area (Å²) in [5.41, 5.74) is 6.79. The summed E-state index contributed by atoms with van der Waals surface area (Å²) in [5.74, 6) is -1.77. The van der Waals surface area contributed by atoms with Gasteiger partial charge in [-0.1, -0.05) is 12.6 Å². The van der Waals surface area contributed by atoms with Crippen LogP contribution in [0.5, 0.6) is 0 Å². The van der Waals surface area contributed by atoms with E-state index in [0.29, 0.717) is 11.4 Å². The topological polar surface area (TPSA) is 138 Å². The van der Waals surface area contributed by atoms with Crippen molar-refractivity contribution in [1.82, 2.24) is 19.4 Å². The van der Waals surface area contributed by atoms with Crippen LogP contribution in [0.2, 0.25) is 0 Å². The first-order valence-corrected chi connectivity index (χ1v) is 12.5. The number of aromatic nitrogens is 3. The summed E-state index contributed by atoms with van der Waals surface area (Å²) in [6, 6.07) is 12.5. The van der Waals surface area contributed by atoms with Crippen LogP contribution in [0.1, 0.15) is 10.5 Å². The van der Waals surface area contributed by atoms with Crippen LogP contribution in [-0.4, -0.2) is 64.5 Å². The fourth-order valence-electron chi connectivity index (χ4n) is 4.50. The molecule has 40 heavy (non-hydrogen) atoms. The van der Waals surface area contributed by atoms with E-state index < -0.39 is 23.1 Å². The third kappa shape index (κ3) is 5.38. The van der Waals surface area contributed by atoms with Gasteiger partial charge in [-0.05, 0) is 49.5 Å². The van der Waals surface area contributed by atoms with Gasteiger partial charge in [-0.3, -0.25) is 19.0 Å². The van der Waals surface area contributed by atoms with Crippen molar-refractivity contribution in [3.63, 3.8) is 0 Å². The lowest BCUT2D eigenvalue weighted by Crippen LogP contribution is -2.44. The second kappa shape index (κ2) is 10.9. The van der Waals surface area contributed by atoms with Gasteiger partial charge in [0, 0.05) is 55.5 Å². The molecule has 1 fully saturated rings. The van der Waals surface area contributed by atoms with E-state index in [1.165, 1.54) is 16.8 Å². The normalized spacial score (nSPS) is 13.7. The molecule has 204 valence electrons. The molecule has 2 amide bonds. The fourth-order valence-corrected chi connectivity index (χ4v) is 4.50. The van der Waals surface area contributed by atoms with Crippen molar-refractivity contribution in [2.45, 2.75) is 0 Å². The smallest absolute Gasteiger partial charge is 0.265 e. The average Bonchev–Trinajstić information content (AvgIpc) is 2.94. The predicted octanol–water partition coefficient (Wildman–Crippen LogP) is 2.64. The van der Waals surface area contributed by atoms with Crippen molar-refractivity contribution >= 4 is 45.9 Å². The first kappa shape index (κ1) is 26.5. The van der Waals surface area contributed by atoms with Crippen molar-refractivity contribution in [1.29, 1.82) is 0 Å². The molecule has 0 aliphatic carbocycles. The summed E-state index contributed by atoms with van der Waals surface area (Å²) in [6.07, 6.45) is 2.42. The minimum absolute atomic E-state index is 0.00429. The van der Waals surface area contributed by atoms with Gasteiger partial charge in [0.05, 0.1) is 11.1 Å². The van der Waals surface area contributed by atoms with Crippen LogP contribution in [0, 0.1) is 5.82 Å². The van der Waals surface area contributed by atoms with E-state index in [1.807, 2.05) is 6.07 Å². The Morgan fingerprint density at radius 3 is 2.55 bits per heavy atom. The van der Waals surface area contributed by atoms with E-state index in [9.17, 15) is 14.4 Å². The van der Waals surface area contributed by atoms with Crippen LogP contribution in [-0.2, 0) is 4.79 Å². The second-order valence-electron chi connectivity index (χ2n) is 9.35. The van der Waals surface area contributed by atoms with Gasteiger partial charge in [0.15, 0.2) is 11.1 Å². The zero-order valence-electron chi connectivity index (χ0n) is 21.7. The minimum Gasteiger partial charge on any atom is -0.369 e. The summed E-state index contributed by atoms with van der Waals surface area (Å²) in [5, 5.41) is 5.63. The SMILES string of the molecule is C=CC(=O)Nc1cccc(-n2c(C(N)=O)cc(=O)c3cnc(Nc4ccc(N5CCN(C)CC5)cc4F)nc32)c1. The maximum atomic E-state index is 15.1. The molecule has 1 aliphatic rings. The molecule has 11 nitrogen and oxygen atoms in total. The monoisotopic (exact) mass is 542 g/mol. The van der Waals surface area contributed by atoms with Gasteiger partial charge in [-0.2, -0.15) is 4.98 Å². The van der Waals surface area contributed by atoms with Crippen LogP contribution < -0.4 is 26.7 Å². The molecule has 0 atom stereocenters. The van der Waals surface area contributed by atoms with Crippen molar-refractivity contribution in [3.05, 3.63) is 89.1 Å². The number of anilines is 4. The number of pyridine rings is 1. The molecule has 12 heteroatoms. The molecule has 5 rings (SSSR count). The number of nitrogens with one attached hydrogen (secondary N) is 2. The van der Waals surface area contributed by atoms with E-state index in [1.54, 1.807) is 30.3 Å². The van der Waals surface area contributed by atoms with Gasteiger partial charge >= 0.3 is 0 Å². The first-order valence-electron chi connectivity index (χ1n) is 12.5. The molecule has 4 N–H and O–H groups in total.